The van der Waals surface area contributed by atoms with Crippen LogP contribution in [0.5, 0.6) is 0 Å². The Balaban J connectivity index is 2.58. The molecule has 0 N–H and O–H groups in total. The summed E-state index contributed by atoms with van der Waals surface area (Å²) in [5.41, 5.74) is 3.91. The predicted molar refractivity (Wildman–Crippen MR) is 68.3 cm³/mol. The van der Waals surface area contributed by atoms with Gasteiger partial charge in [-0.15, -0.1) is 0 Å². The molecule has 17 heavy (non-hydrogen) atoms. The molecule has 0 atom stereocenters. The number of hydrogen-bond acceptors (Lipinski definition) is 2. The normalized spacial score (nSPS) is 11.2. The zero-order valence-electron chi connectivity index (χ0n) is 9.77. The summed E-state index contributed by atoms with van der Waals surface area (Å²) in [7, 11) is 2.01. The Labute approximate surface area is 98.7 Å². The number of aldehydes is 1. The van der Waals surface area contributed by atoms with E-state index in [-0.39, 0.29) is 0 Å². The third-order valence-corrected chi connectivity index (χ3v) is 3.25. The SMILES string of the molecule is Cc1nccc2c3ccc(C=O)cc3n(C)c12. The van der Waals surface area contributed by atoms with Crippen molar-refractivity contribution in [2.45, 2.75) is 6.92 Å². The fourth-order valence-electron chi connectivity index (χ4n) is 2.45. The molecule has 3 aromatic rings. The first-order chi connectivity index (χ1) is 8.22. The molecule has 3 heteroatoms. The smallest absolute Gasteiger partial charge is 0.150 e. The third kappa shape index (κ3) is 1.29. The van der Waals surface area contributed by atoms with Gasteiger partial charge < -0.3 is 4.57 Å². The van der Waals surface area contributed by atoms with Gasteiger partial charge in [-0.05, 0) is 19.1 Å². The van der Waals surface area contributed by atoms with Gasteiger partial charge >= 0.3 is 0 Å². The number of aryl methyl sites for hydroxylation is 2. The Morgan fingerprint density at radius 1 is 1.24 bits per heavy atom. The molecule has 84 valence electrons. The minimum absolute atomic E-state index is 0.703. The second-order valence-electron chi connectivity index (χ2n) is 4.25. The van der Waals surface area contributed by atoms with Crippen LogP contribution >= 0.6 is 0 Å². The van der Waals surface area contributed by atoms with E-state index in [2.05, 4.69) is 9.55 Å². The molecule has 0 saturated heterocycles. The summed E-state index contributed by atoms with van der Waals surface area (Å²) in [5, 5.41) is 2.35. The first-order valence-corrected chi connectivity index (χ1v) is 5.51. The lowest BCUT2D eigenvalue weighted by Gasteiger charge is -2.00. The number of aromatic nitrogens is 2. The molecule has 0 aliphatic rings. The van der Waals surface area contributed by atoms with Gasteiger partial charge in [-0.3, -0.25) is 9.78 Å². The van der Waals surface area contributed by atoms with E-state index in [1.54, 1.807) is 0 Å². The first kappa shape index (κ1) is 10.0. The van der Waals surface area contributed by atoms with E-state index in [9.17, 15) is 4.79 Å². The van der Waals surface area contributed by atoms with Gasteiger partial charge in [-0.25, -0.2) is 0 Å². The molecule has 2 heterocycles. The molecule has 0 bridgehead atoms. The summed E-state index contributed by atoms with van der Waals surface area (Å²) in [6.07, 6.45) is 2.70. The Morgan fingerprint density at radius 2 is 2.06 bits per heavy atom. The Hall–Kier alpha value is -2.16. The van der Waals surface area contributed by atoms with Crippen molar-refractivity contribution in [3.63, 3.8) is 0 Å². The van der Waals surface area contributed by atoms with Crippen LogP contribution < -0.4 is 0 Å². The number of carbonyl (C=O) groups is 1. The van der Waals surface area contributed by atoms with E-state index in [4.69, 9.17) is 0 Å². The van der Waals surface area contributed by atoms with Gasteiger partial charge in [-0.2, -0.15) is 0 Å². The van der Waals surface area contributed by atoms with E-state index in [1.807, 2.05) is 44.4 Å². The highest BCUT2D eigenvalue weighted by Crippen LogP contribution is 2.29. The largest absolute Gasteiger partial charge is 0.342 e. The van der Waals surface area contributed by atoms with Crippen molar-refractivity contribution < 1.29 is 4.79 Å². The van der Waals surface area contributed by atoms with Crippen LogP contribution in [0.25, 0.3) is 21.8 Å². The van der Waals surface area contributed by atoms with Crippen LogP contribution in [0, 0.1) is 6.92 Å². The van der Waals surface area contributed by atoms with Gasteiger partial charge in [0.2, 0.25) is 0 Å². The summed E-state index contributed by atoms with van der Waals surface area (Å²) in [6, 6.07) is 7.79. The highest BCUT2D eigenvalue weighted by Gasteiger charge is 2.10. The van der Waals surface area contributed by atoms with Crippen molar-refractivity contribution in [2.24, 2.45) is 7.05 Å². The number of benzene rings is 1. The maximum absolute atomic E-state index is 10.8. The molecule has 0 spiro atoms. The van der Waals surface area contributed by atoms with Crippen molar-refractivity contribution in [3.05, 3.63) is 41.7 Å². The van der Waals surface area contributed by atoms with E-state index < -0.39 is 0 Å². The van der Waals surface area contributed by atoms with E-state index in [1.165, 1.54) is 10.8 Å². The first-order valence-electron chi connectivity index (χ1n) is 5.51. The van der Waals surface area contributed by atoms with Crippen LogP contribution in [0.15, 0.2) is 30.5 Å². The maximum atomic E-state index is 10.8. The van der Waals surface area contributed by atoms with Gasteiger partial charge in [0.05, 0.1) is 11.2 Å². The summed E-state index contributed by atoms with van der Waals surface area (Å²) >= 11 is 0. The molecular weight excluding hydrogens is 212 g/mol. The quantitative estimate of drug-likeness (QED) is 0.596. The average molecular weight is 224 g/mol. The van der Waals surface area contributed by atoms with Crippen LogP contribution in [0.3, 0.4) is 0 Å². The topological polar surface area (TPSA) is 34.9 Å². The zero-order valence-corrected chi connectivity index (χ0v) is 9.77. The predicted octanol–water partition coefficient (Wildman–Crippen LogP) is 2.85. The molecular formula is C14H12N2O. The molecule has 0 saturated carbocycles. The van der Waals surface area contributed by atoms with E-state index in [0.29, 0.717) is 5.56 Å². The van der Waals surface area contributed by atoms with Crippen molar-refractivity contribution in [3.8, 4) is 0 Å². The van der Waals surface area contributed by atoms with Gasteiger partial charge in [-0.1, -0.05) is 12.1 Å². The summed E-state index contributed by atoms with van der Waals surface area (Å²) < 4.78 is 2.10. The lowest BCUT2D eigenvalue weighted by atomic mass is 10.1. The summed E-state index contributed by atoms with van der Waals surface area (Å²) in [4.78, 5) is 15.1. The molecule has 1 aromatic carbocycles. The maximum Gasteiger partial charge on any atom is 0.150 e. The molecule has 0 unspecified atom stereocenters. The zero-order chi connectivity index (χ0) is 12.0. The lowest BCUT2D eigenvalue weighted by molar-refractivity contribution is 0.112. The van der Waals surface area contributed by atoms with Crippen LogP contribution in [0.2, 0.25) is 0 Å². The molecule has 0 aliphatic carbocycles. The lowest BCUT2D eigenvalue weighted by Crippen LogP contribution is -1.91. The van der Waals surface area contributed by atoms with Gasteiger partial charge in [0.25, 0.3) is 0 Å². The van der Waals surface area contributed by atoms with Crippen molar-refractivity contribution in [2.75, 3.05) is 0 Å². The second-order valence-corrected chi connectivity index (χ2v) is 4.25. The van der Waals surface area contributed by atoms with Gasteiger partial charge in [0.1, 0.15) is 6.29 Å². The molecule has 3 nitrogen and oxygen atoms in total. The minimum Gasteiger partial charge on any atom is -0.342 e. The molecule has 0 fully saturated rings. The summed E-state index contributed by atoms with van der Waals surface area (Å²) in [5.74, 6) is 0. The van der Waals surface area contributed by atoms with Crippen LogP contribution in [-0.2, 0) is 7.05 Å². The number of nitrogens with zero attached hydrogens (tertiary/aromatic N) is 2. The molecule has 0 aliphatic heterocycles. The fraction of sp³-hybridized carbons (Fsp3) is 0.143. The van der Waals surface area contributed by atoms with E-state index >= 15 is 0 Å². The van der Waals surface area contributed by atoms with Crippen LogP contribution in [-0.4, -0.2) is 15.8 Å². The van der Waals surface area contributed by atoms with Crippen LogP contribution in [0.1, 0.15) is 16.1 Å². The minimum atomic E-state index is 0.703. The van der Waals surface area contributed by atoms with E-state index in [0.717, 1.165) is 23.0 Å². The number of carbonyl (C=O) groups excluding carboxylic acids is 1. The Bertz CT molecular complexity index is 741. The van der Waals surface area contributed by atoms with Crippen molar-refractivity contribution in [1.82, 2.24) is 9.55 Å². The molecule has 3 rings (SSSR count). The number of fused-ring (bicyclic) bond motifs is 3. The molecule has 0 radical (unpaired) electrons. The Kier molecular flexibility index (Phi) is 2.01. The highest BCUT2D eigenvalue weighted by molar-refractivity contribution is 6.09. The summed E-state index contributed by atoms with van der Waals surface area (Å²) in [6.45, 7) is 2.00. The monoisotopic (exact) mass is 224 g/mol. The average Bonchev–Trinajstić information content (AvgIpc) is 2.64. The second kappa shape index (κ2) is 3.42. The number of rotatable bonds is 1. The standard InChI is InChI=1S/C14H12N2O/c1-9-14-12(5-6-15-9)11-4-3-10(8-17)7-13(11)16(14)2/h3-8H,1-2H3. The fourth-order valence-corrected chi connectivity index (χ4v) is 2.45. The molecule has 0 amide bonds. The van der Waals surface area contributed by atoms with Crippen molar-refractivity contribution >= 4 is 28.1 Å². The van der Waals surface area contributed by atoms with Gasteiger partial charge in [0.15, 0.2) is 0 Å². The Morgan fingerprint density at radius 3 is 2.82 bits per heavy atom. The van der Waals surface area contributed by atoms with Crippen molar-refractivity contribution in [1.29, 1.82) is 0 Å². The third-order valence-electron chi connectivity index (χ3n) is 3.25. The van der Waals surface area contributed by atoms with Crippen LogP contribution in [0.4, 0.5) is 0 Å². The van der Waals surface area contributed by atoms with Gasteiger partial charge in [0, 0.05) is 35.1 Å². The number of pyridine rings is 1. The highest BCUT2D eigenvalue weighted by atomic mass is 16.1. The number of hydrogen-bond donors (Lipinski definition) is 0. The molecule has 2 aromatic heterocycles.